The van der Waals surface area contributed by atoms with E-state index in [0.29, 0.717) is 12.0 Å². The number of nitrogens with one attached hydrogen (secondary N) is 1. The molecule has 0 amide bonds. The minimum atomic E-state index is -0.162. The molecule has 0 spiro atoms. The first-order valence-electron chi connectivity index (χ1n) is 7.89. The Morgan fingerprint density at radius 3 is 2.30 bits per heavy atom. The lowest BCUT2D eigenvalue weighted by molar-refractivity contribution is 0.107. The van der Waals surface area contributed by atoms with Crippen molar-refractivity contribution in [1.29, 1.82) is 0 Å². The average Bonchev–Trinajstić information content (AvgIpc) is 3.28. The standard InChI is InChI=1S/C17H24FNO/c18-15-7-5-14(6-8-15)17(13-3-4-13)19-11-12-1-9-16(20)10-2-12/h5-8,12-13,16-17,19-20H,1-4,9-11H2. The highest BCUT2D eigenvalue weighted by atomic mass is 19.1. The molecule has 110 valence electrons. The fourth-order valence-corrected chi connectivity index (χ4v) is 3.30. The van der Waals surface area contributed by atoms with Crippen molar-refractivity contribution < 1.29 is 9.50 Å². The van der Waals surface area contributed by atoms with Crippen LogP contribution in [0.1, 0.15) is 50.1 Å². The largest absolute Gasteiger partial charge is 0.393 e. The van der Waals surface area contributed by atoms with E-state index in [4.69, 9.17) is 0 Å². The van der Waals surface area contributed by atoms with Crippen LogP contribution in [0.2, 0.25) is 0 Å². The van der Waals surface area contributed by atoms with E-state index < -0.39 is 0 Å². The molecule has 2 nitrogen and oxygen atoms in total. The van der Waals surface area contributed by atoms with Crippen molar-refractivity contribution >= 4 is 0 Å². The molecule has 3 heteroatoms. The summed E-state index contributed by atoms with van der Waals surface area (Å²) in [5.41, 5.74) is 1.21. The topological polar surface area (TPSA) is 32.3 Å². The molecule has 2 fully saturated rings. The number of halogens is 1. The van der Waals surface area contributed by atoms with Crippen LogP contribution in [0.3, 0.4) is 0 Å². The van der Waals surface area contributed by atoms with Crippen LogP contribution in [0.25, 0.3) is 0 Å². The summed E-state index contributed by atoms with van der Waals surface area (Å²) in [5.74, 6) is 1.24. The van der Waals surface area contributed by atoms with Gasteiger partial charge in [0.05, 0.1) is 6.10 Å². The molecule has 1 unspecified atom stereocenters. The van der Waals surface area contributed by atoms with Crippen molar-refractivity contribution in [2.24, 2.45) is 11.8 Å². The van der Waals surface area contributed by atoms with E-state index in [-0.39, 0.29) is 11.9 Å². The molecule has 2 saturated carbocycles. The van der Waals surface area contributed by atoms with Crippen LogP contribution in [0.15, 0.2) is 24.3 Å². The molecular weight excluding hydrogens is 253 g/mol. The zero-order chi connectivity index (χ0) is 13.9. The van der Waals surface area contributed by atoms with Gasteiger partial charge in [0.25, 0.3) is 0 Å². The summed E-state index contributed by atoms with van der Waals surface area (Å²) < 4.78 is 13.0. The number of benzene rings is 1. The first kappa shape index (κ1) is 14.0. The van der Waals surface area contributed by atoms with Crippen molar-refractivity contribution in [1.82, 2.24) is 5.32 Å². The molecule has 1 atom stereocenters. The van der Waals surface area contributed by atoms with Crippen LogP contribution in [0, 0.1) is 17.7 Å². The average molecular weight is 277 g/mol. The van der Waals surface area contributed by atoms with Crippen molar-refractivity contribution in [2.45, 2.75) is 50.7 Å². The fourth-order valence-electron chi connectivity index (χ4n) is 3.30. The zero-order valence-corrected chi connectivity index (χ0v) is 11.9. The number of aliphatic hydroxyl groups excluding tert-OH is 1. The predicted molar refractivity (Wildman–Crippen MR) is 77.8 cm³/mol. The Balaban J connectivity index is 1.56. The van der Waals surface area contributed by atoms with Crippen LogP contribution >= 0.6 is 0 Å². The van der Waals surface area contributed by atoms with Gasteiger partial charge in [-0.3, -0.25) is 0 Å². The third kappa shape index (κ3) is 3.58. The van der Waals surface area contributed by atoms with Crippen LogP contribution in [-0.4, -0.2) is 17.8 Å². The molecule has 0 heterocycles. The molecule has 2 N–H and O–H groups in total. The lowest BCUT2D eigenvalue weighted by atomic mass is 9.87. The van der Waals surface area contributed by atoms with Gasteiger partial charge >= 0.3 is 0 Å². The number of rotatable bonds is 5. The summed E-state index contributed by atoms with van der Waals surface area (Å²) in [5, 5.41) is 13.2. The van der Waals surface area contributed by atoms with Gasteiger partial charge in [0, 0.05) is 6.04 Å². The minimum Gasteiger partial charge on any atom is -0.393 e. The normalized spacial score (nSPS) is 28.3. The second-order valence-corrected chi connectivity index (χ2v) is 6.45. The van der Waals surface area contributed by atoms with Crippen molar-refractivity contribution in [3.63, 3.8) is 0 Å². The second-order valence-electron chi connectivity index (χ2n) is 6.45. The molecule has 2 aliphatic rings. The van der Waals surface area contributed by atoms with E-state index in [1.807, 2.05) is 12.1 Å². The molecule has 0 saturated heterocycles. The number of hydrogen-bond donors (Lipinski definition) is 2. The lowest BCUT2D eigenvalue weighted by Gasteiger charge is -2.28. The SMILES string of the molecule is OC1CCC(CNC(c2ccc(F)cc2)C2CC2)CC1. The predicted octanol–water partition coefficient (Wildman–Crippen LogP) is 3.42. The summed E-state index contributed by atoms with van der Waals surface area (Å²) in [6, 6.07) is 7.32. The lowest BCUT2D eigenvalue weighted by Crippen LogP contribution is -2.31. The van der Waals surface area contributed by atoms with Crippen molar-refractivity contribution in [3.8, 4) is 0 Å². The zero-order valence-electron chi connectivity index (χ0n) is 11.9. The molecule has 0 aliphatic heterocycles. The molecule has 0 radical (unpaired) electrons. The van der Waals surface area contributed by atoms with Gasteiger partial charge in [-0.05, 0) is 74.6 Å². The van der Waals surface area contributed by atoms with Gasteiger partial charge in [-0.15, -0.1) is 0 Å². The third-order valence-corrected chi connectivity index (χ3v) is 4.77. The Morgan fingerprint density at radius 2 is 1.70 bits per heavy atom. The first-order chi connectivity index (χ1) is 9.72. The molecule has 3 rings (SSSR count). The minimum absolute atomic E-state index is 0.0809. The van der Waals surface area contributed by atoms with Gasteiger partial charge in [0.2, 0.25) is 0 Å². The second kappa shape index (κ2) is 6.23. The van der Waals surface area contributed by atoms with Crippen molar-refractivity contribution in [3.05, 3.63) is 35.6 Å². The van der Waals surface area contributed by atoms with Crippen molar-refractivity contribution in [2.75, 3.05) is 6.54 Å². The van der Waals surface area contributed by atoms with Gasteiger partial charge in [-0.25, -0.2) is 4.39 Å². The highest BCUT2D eigenvalue weighted by Gasteiger charge is 2.32. The Labute approximate surface area is 120 Å². The molecule has 20 heavy (non-hydrogen) atoms. The van der Waals surface area contributed by atoms with Crippen LogP contribution in [-0.2, 0) is 0 Å². The molecule has 0 bridgehead atoms. The van der Waals surface area contributed by atoms with Gasteiger partial charge in [-0.1, -0.05) is 12.1 Å². The monoisotopic (exact) mass is 277 g/mol. The van der Waals surface area contributed by atoms with Crippen LogP contribution in [0.4, 0.5) is 4.39 Å². The van der Waals surface area contributed by atoms with Gasteiger partial charge < -0.3 is 10.4 Å². The van der Waals surface area contributed by atoms with Gasteiger partial charge in [-0.2, -0.15) is 0 Å². The number of hydrogen-bond acceptors (Lipinski definition) is 2. The van der Waals surface area contributed by atoms with E-state index in [0.717, 1.165) is 38.1 Å². The Kier molecular flexibility index (Phi) is 4.37. The summed E-state index contributed by atoms with van der Waals surface area (Å²) in [6.07, 6.45) is 6.59. The molecule has 1 aromatic carbocycles. The molecular formula is C17H24FNO. The molecule has 1 aromatic rings. The Morgan fingerprint density at radius 1 is 1.05 bits per heavy atom. The summed E-state index contributed by atoms with van der Waals surface area (Å²) >= 11 is 0. The summed E-state index contributed by atoms with van der Waals surface area (Å²) in [4.78, 5) is 0. The van der Waals surface area contributed by atoms with E-state index in [9.17, 15) is 9.50 Å². The maximum atomic E-state index is 13.0. The third-order valence-electron chi connectivity index (χ3n) is 4.77. The maximum absolute atomic E-state index is 13.0. The van der Waals surface area contributed by atoms with Crippen LogP contribution in [0.5, 0.6) is 0 Å². The van der Waals surface area contributed by atoms with E-state index in [1.165, 1.54) is 18.4 Å². The fraction of sp³-hybridized carbons (Fsp3) is 0.647. The van der Waals surface area contributed by atoms with Crippen LogP contribution < -0.4 is 5.32 Å². The maximum Gasteiger partial charge on any atom is 0.123 e. The first-order valence-corrected chi connectivity index (χ1v) is 7.89. The molecule has 2 aliphatic carbocycles. The molecule has 0 aromatic heterocycles. The Hall–Kier alpha value is -0.930. The van der Waals surface area contributed by atoms with E-state index in [2.05, 4.69) is 5.32 Å². The van der Waals surface area contributed by atoms with Gasteiger partial charge in [0.15, 0.2) is 0 Å². The van der Waals surface area contributed by atoms with E-state index in [1.54, 1.807) is 12.1 Å². The quantitative estimate of drug-likeness (QED) is 0.864. The highest BCUT2D eigenvalue weighted by molar-refractivity contribution is 5.22. The summed E-state index contributed by atoms with van der Waals surface area (Å²) in [6.45, 7) is 1.02. The van der Waals surface area contributed by atoms with Gasteiger partial charge in [0.1, 0.15) is 5.82 Å². The summed E-state index contributed by atoms with van der Waals surface area (Å²) in [7, 11) is 0. The Bertz CT molecular complexity index is 421. The highest BCUT2D eigenvalue weighted by Crippen LogP contribution is 2.41. The number of aliphatic hydroxyl groups is 1. The smallest absolute Gasteiger partial charge is 0.123 e. The van der Waals surface area contributed by atoms with E-state index >= 15 is 0 Å².